The summed E-state index contributed by atoms with van der Waals surface area (Å²) in [6, 6.07) is 4.97. The predicted octanol–water partition coefficient (Wildman–Crippen LogP) is 0.830. The Morgan fingerprint density at radius 1 is 1.53 bits per heavy atom. The lowest BCUT2D eigenvalue weighted by Crippen LogP contribution is -2.32. The van der Waals surface area contributed by atoms with Gasteiger partial charge in [-0.25, -0.2) is 0 Å². The number of carbonyl (C=O) groups excluding carboxylic acids is 1. The molecule has 0 saturated carbocycles. The average Bonchev–Trinajstić information content (AvgIpc) is 2.35. The maximum absolute atomic E-state index is 11.0. The molecule has 0 spiro atoms. The predicted molar refractivity (Wildman–Crippen MR) is 62.8 cm³/mol. The number of rotatable bonds is 6. The van der Waals surface area contributed by atoms with Gasteiger partial charge >= 0.3 is 0 Å². The quantitative estimate of drug-likeness (QED) is 0.770. The molecule has 0 aliphatic heterocycles. The average molecular weight is 239 g/mol. The SMILES string of the molecule is CCC(Oc1ccc(CO)c(OC)c1)C(N)=O. The first-order chi connectivity index (χ1) is 8.12. The normalized spacial score (nSPS) is 11.9. The van der Waals surface area contributed by atoms with E-state index in [9.17, 15) is 4.79 Å². The molecule has 5 heteroatoms. The van der Waals surface area contributed by atoms with E-state index in [1.165, 1.54) is 7.11 Å². The Morgan fingerprint density at radius 2 is 2.24 bits per heavy atom. The molecule has 3 N–H and O–H groups in total. The fourth-order valence-corrected chi connectivity index (χ4v) is 1.44. The van der Waals surface area contributed by atoms with Crippen molar-refractivity contribution in [1.29, 1.82) is 0 Å². The van der Waals surface area contributed by atoms with Crippen LogP contribution in [0.3, 0.4) is 0 Å². The number of nitrogens with two attached hydrogens (primary N) is 1. The van der Waals surface area contributed by atoms with Crippen LogP contribution in [0.1, 0.15) is 18.9 Å². The Morgan fingerprint density at radius 3 is 2.71 bits per heavy atom. The molecule has 0 radical (unpaired) electrons. The number of aliphatic hydroxyl groups is 1. The van der Waals surface area contributed by atoms with Gasteiger partial charge in [0.2, 0.25) is 0 Å². The lowest BCUT2D eigenvalue weighted by molar-refractivity contribution is -0.124. The highest BCUT2D eigenvalue weighted by Gasteiger charge is 2.15. The molecule has 1 aromatic carbocycles. The minimum atomic E-state index is -0.653. The van der Waals surface area contributed by atoms with Crippen molar-refractivity contribution in [3.8, 4) is 11.5 Å². The first kappa shape index (κ1) is 13.3. The fraction of sp³-hybridized carbons (Fsp3) is 0.417. The van der Waals surface area contributed by atoms with Gasteiger partial charge in [-0.3, -0.25) is 4.79 Å². The molecule has 1 aromatic rings. The monoisotopic (exact) mass is 239 g/mol. The molecule has 0 aliphatic carbocycles. The third-order valence-electron chi connectivity index (χ3n) is 2.40. The number of primary amides is 1. The van der Waals surface area contributed by atoms with Crippen molar-refractivity contribution >= 4 is 5.91 Å². The van der Waals surface area contributed by atoms with Crippen molar-refractivity contribution in [1.82, 2.24) is 0 Å². The third kappa shape index (κ3) is 3.35. The summed E-state index contributed by atoms with van der Waals surface area (Å²) in [6.45, 7) is 1.70. The second kappa shape index (κ2) is 6.10. The molecule has 0 bridgehead atoms. The molecule has 5 nitrogen and oxygen atoms in total. The van der Waals surface area contributed by atoms with Gasteiger partial charge in [0.15, 0.2) is 6.10 Å². The van der Waals surface area contributed by atoms with Crippen LogP contribution >= 0.6 is 0 Å². The molecule has 1 rings (SSSR count). The summed E-state index contributed by atoms with van der Waals surface area (Å²) in [5.74, 6) is 0.506. The summed E-state index contributed by atoms with van der Waals surface area (Å²) in [4.78, 5) is 11.0. The van der Waals surface area contributed by atoms with Gasteiger partial charge in [-0.05, 0) is 18.6 Å². The Balaban J connectivity index is 2.88. The van der Waals surface area contributed by atoms with Gasteiger partial charge in [0.1, 0.15) is 11.5 Å². The molecule has 1 amide bonds. The lowest BCUT2D eigenvalue weighted by Gasteiger charge is -2.15. The highest BCUT2D eigenvalue weighted by Crippen LogP contribution is 2.25. The van der Waals surface area contributed by atoms with E-state index >= 15 is 0 Å². The molecule has 1 atom stereocenters. The zero-order valence-corrected chi connectivity index (χ0v) is 9.97. The van der Waals surface area contributed by atoms with E-state index in [1.54, 1.807) is 18.2 Å². The summed E-state index contributed by atoms with van der Waals surface area (Å²) < 4.78 is 10.5. The Labute approximate surface area is 100 Å². The third-order valence-corrected chi connectivity index (χ3v) is 2.40. The molecule has 0 heterocycles. The standard InChI is InChI=1S/C12H17NO4/c1-3-10(12(13)15)17-9-5-4-8(7-14)11(6-9)16-2/h4-6,10,14H,3,7H2,1-2H3,(H2,13,15). The van der Waals surface area contributed by atoms with Gasteiger partial charge < -0.3 is 20.3 Å². The number of amides is 1. The smallest absolute Gasteiger partial charge is 0.258 e. The summed E-state index contributed by atoms with van der Waals surface area (Å²) in [6.07, 6.45) is -0.154. The lowest BCUT2D eigenvalue weighted by atomic mass is 10.2. The maximum Gasteiger partial charge on any atom is 0.258 e. The van der Waals surface area contributed by atoms with E-state index in [2.05, 4.69) is 0 Å². The highest BCUT2D eigenvalue weighted by atomic mass is 16.5. The van der Waals surface area contributed by atoms with E-state index in [4.69, 9.17) is 20.3 Å². The van der Waals surface area contributed by atoms with Crippen LogP contribution in [0.5, 0.6) is 11.5 Å². The van der Waals surface area contributed by atoms with Crippen LogP contribution in [0.15, 0.2) is 18.2 Å². The molecule has 17 heavy (non-hydrogen) atoms. The van der Waals surface area contributed by atoms with E-state index in [0.717, 1.165) is 0 Å². The van der Waals surface area contributed by atoms with Gasteiger partial charge in [-0.2, -0.15) is 0 Å². The van der Waals surface area contributed by atoms with E-state index in [0.29, 0.717) is 23.5 Å². The summed E-state index contributed by atoms with van der Waals surface area (Å²) in [5, 5.41) is 9.06. The van der Waals surface area contributed by atoms with Crippen LogP contribution in [0.2, 0.25) is 0 Å². The van der Waals surface area contributed by atoms with Crippen LogP contribution in [-0.4, -0.2) is 24.2 Å². The maximum atomic E-state index is 11.0. The molecule has 0 saturated heterocycles. The zero-order valence-electron chi connectivity index (χ0n) is 9.97. The number of hydrogen-bond donors (Lipinski definition) is 2. The van der Waals surface area contributed by atoms with Crippen molar-refractivity contribution in [2.75, 3.05) is 7.11 Å². The molecule has 0 aliphatic rings. The molecular formula is C12H17NO4. The number of ether oxygens (including phenoxy) is 2. The largest absolute Gasteiger partial charge is 0.496 e. The van der Waals surface area contributed by atoms with E-state index in [-0.39, 0.29) is 6.61 Å². The van der Waals surface area contributed by atoms with E-state index < -0.39 is 12.0 Å². The second-order valence-corrected chi connectivity index (χ2v) is 3.55. The molecule has 0 fully saturated rings. The van der Waals surface area contributed by atoms with Crippen molar-refractivity contribution in [3.63, 3.8) is 0 Å². The number of carbonyl (C=O) groups is 1. The van der Waals surface area contributed by atoms with Crippen LogP contribution < -0.4 is 15.2 Å². The number of methoxy groups -OCH3 is 1. The Hall–Kier alpha value is -1.75. The fourth-order valence-electron chi connectivity index (χ4n) is 1.44. The number of aliphatic hydroxyl groups excluding tert-OH is 1. The first-order valence-electron chi connectivity index (χ1n) is 5.36. The summed E-state index contributed by atoms with van der Waals surface area (Å²) in [7, 11) is 1.50. The van der Waals surface area contributed by atoms with Crippen molar-refractivity contribution in [2.45, 2.75) is 26.1 Å². The van der Waals surface area contributed by atoms with Crippen molar-refractivity contribution < 1.29 is 19.4 Å². The van der Waals surface area contributed by atoms with Gasteiger partial charge in [0, 0.05) is 11.6 Å². The van der Waals surface area contributed by atoms with Gasteiger partial charge in [-0.1, -0.05) is 6.92 Å². The van der Waals surface area contributed by atoms with Gasteiger partial charge in [0.05, 0.1) is 13.7 Å². The second-order valence-electron chi connectivity index (χ2n) is 3.55. The summed E-state index contributed by atoms with van der Waals surface area (Å²) >= 11 is 0. The minimum Gasteiger partial charge on any atom is -0.496 e. The molecule has 1 unspecified atom stereocenters. The number of hydrogen-bond acceptors (Lipinski definition) is 4. The van der Waals surface area contributed by atoms with Crippen LogP contribution in [-0.2, 0) is 11.4 Å². The Bertz CT molecular complexity index is 392. The Kier molecular flexibility index (Phi) is 4.78. The zero-order chi connectivity index (χ0) is 12.8. The van der Waals surface area contributed by atoms with E-state index in [1.807, 2.05) is 6.92 Å². The topological polar surface area (TPSA) is 81.8 Å². The molecule has 94 valence electrons. The number of benzene rings is 1. The van der Waals surface area contributed by atoms with Gasteiger partial charge in [-0.15, -0.1) is 0 Å². The highest BCUT2D eigenvalue weighted by molar-refractivity contribution is 5.79. The van der Waals surface area contributed by atoms with Gasteiger partial charge in [0.25, 0.3) is 5.91 Å². The molecular weight excluding hydrogens is 222 g/mol. The minimum absolute atomic E-state index is 0.115. The van der Waals surface area contributed by atoms with Crippen LogP contribution in [0, 0.1) is 0 Å². The van der Waals surface area contributed by atoms with Crippen LogP contribution in [0.4, 0.5) is 0 Å². The summed E-state index contributed by atoms with van der Waals surface area (Å²) in [5.41, 5.74) is 5.85. The van der Waals surface area contributed by atoms with Crippen LogP contribution in [0.25, 0.3) is 0 Å². The van der Waals surface area contributed by atoms with Crippen molar-refractivity contribution in [3.05, 3.63) is 23.8 Å². The molecule has 0 aromatic heterocycles. The first-order valence-corrected chi connectivity index (χ1v) is 5.36. The van der Waals surface area contributed by atoms with Crippen molar-refractivity contribution in [2.24, 2.45) is 5.73 Å².